The summed E-state index contributed by atoms with van der Waals surface area (Å²) in [5.41, 5.74) is 0. The molecule has 1 rings (SSSR count). The minimum Gasteiger partial charge on any atom is -0.447 e. The first kappa shape index (κ1) is 9.06. The van der Waals surface area contributed by atoms with Crippen LogP contribution in [-0.2, 0) is 4.74 Å². The predicted molar refractivity (Wildman–Crippen MR) is 49.6 cm³/mol. The molecule has 1 aromatic rings. The lowest BCUT2D eigenvalue weighted by atomic mass is 10.5. The lowest BCUT2D eigenvalue weighted by Gasteiger charge is -2.07. The first-order valence-corrected chi connectivity index (χ1v) is 4.57. The fourth-order valence-corrected chi connectivity index (χ4v) is 1.30. The van der Waals surface area contributed by atoms with E-state index in [9.17, 15) is 4.79 Å². The van der Waals surface area contributed by atoms with Gasteiger partial charge in [0.2, 0.25) is 0 Å². The lowest BCUT2D eigenvalue weighted by molar-refractivity contribution is 0.130. The Balaban J connectivity index is 2.37. The predicted octanol–water partition coefficient (Wildman–Crippen LogP) is 2.71. The van der Waals surface area contributed by atoms with Crippen LogP contribution in [0.4, 0.5) is 9.80 Å². The number of hydrogen-bond donors (Lipinski definition) is 1. The van der Waals surface area contributed by atoms with E-state index < -0.39 is 6.09 Å². The van der Waals surface area contributed by atoms with Gasteiger partial charge in [-0.2, -0.15) is 0 Å². The van der Waals surface area contributed by atoms with Gasteiger partial charge in [-0.1, -0.05) is 0 Å². The highest BCUT2D eigenvalue weighted by Crippen LogP contribution is 2.15. The molecular formula is C8H11NO2S. The second-order valence-corrected chi connectivity index (χ2v) is 3.50. The van der Waals surface area contributed by atoms with Crippen molar-refractivity contribution >= 4 is 22.4 Å². The summed E-state index contributed by atoms with van der Waals surface area (Å²) in [5, 5.41) is 5.31. The summed E-state index contributed by atoms with van der Waals surface area (Å²) in [6, 6.07) is 3.70. The normalized spacial score (nSPS) is 9.92. The molecule has 3 nitrogen and oxygen atoms in total. The van der Waals surface area contributed by atoms with Crippen molar-refractivity contribution in [2.75, 3.05) is 5.32 Å². The average molecular weight is 185 g/mol. The third-order valence-electron chi connectivity index (χ3n) is 1.09. The molecule has 0 aromatic carbocycles. The lowest BCUT2D eigenvalue weighted by Crippen LogP contribution is -2.17. The summed E-state index contributed by atoms with van der Waals surface area (Å²) in [6.45, 7) is 3.63. The summed E-state index contributed by atoms with van der Waals surface area (Å²) in [7, 11) is 0. The quantitative estimate of drug-likeness (QED) is 0.769. The van der Waals surface area contributed by atoms with Crippen LogP contribution in [0.5, 0.6) is 0 Å². The Morgan fingerprint density at radius 2 is 2.42 bits per heavy atom. The third kappa shape index (κ3) is 2.92. The smallest absolute Gasteiger partial charge is 0.412 e. The molecule has 0 fully saturated rings. The molecule has 0 spiro atoms. The minimum atomic E-state index is -0.396. The molecule has 1 N–H and O–H groups in total. The Morgan fingerprint density at radius 3 is 2.92 bits per heavy atom. The molecule has 0 aliphatic heterocycles. The van der Waals surface area contributed by atoms with Crippen LogP contribution < -0.4 is 5.32 Å². The van der Waals surface area contributed by atoms with Crippen LogP contribution in [0.25, 0.3) is 0 Å². The van der Waals surface area contributed by atoms with Gasteiger partial charge < -0.3 is 4.74 Å². The molecule has 0 aliphatic carbocycles. The van der Waals surface area contributed by atoms with E-state index in [0.717, 1.165) is 5.00 Å². The highest BCUT2D eigenvalue weighted by Gasteiger charge is 2.04. The van der Waals surface area contributed by atoms with Crippen LogP contribution in [0.3, 0.4) is 0 Å². The SMILES string of the molecule is CC(C)OC(=O)Nc1cccs1. The topological polar surface area (TPSA) is 38.3 Å². The van der Waals surface area contributed by atoms with E-state index in [-0.39, 0.29) is 6.10 Å². The van der Waals surface area contributed by atoms with Gasteiger partial charge in [0.1, 0.15) is 0 Å². The Morgan fingerprint density at radius 1 is 1.67 bits per heavy atom. The average Bonchev–Trinajstić information content (AvgIpc) is 2.37. The molecule has 1 amide bonds. The monoisotopic (exact) mass is 185 g/mol. The summed E-state index contributed by atoms with van der Waals surface area (Å²) < 4.78 is 4.88. The van der Waals surface area contributed by atoms with Crippen molar-refractivity contribution in [3.05, 3.63) is 17.5 Å². The third-order valence-corrected chi connectivity index (χ3v) is 1.87. The first-order chi connectivity index (χ1) is 5.68. The maximum atomic E-state index is 11.0. The highest BCUT2D eigenvalue weighted by molar-refractivity contribution is 7.14. The number of rotatable bonds is 2. The summed E-state index contributed by atoms with van der Waals surface area (Å²) in [6.07, 6.45) is -0.475. The molecule has 0 atom stereocenters. The molecule has 0 saturated heterocycles. The molecule has 66 valence electrons. The van der Waals surface area contributed by atoms with Crippen molar-refractivity contribution in [1.29, 1.82) is 0 Å². The number of thiophene rings is 1. The number of carbonyl (C=O) groups excluding carboxylic acids is 1. The van der Waals surface area contributed by atoms with Crippen molar-refractivity contribution in [3.63, 3.8) is 0 Å². The summed E-state index contributed by atoms with van der Waals surface area (Å²) >= 11 is 1.47. The van der Waals surface area contributed by atoms with Crippen LogP contribution in [0.1, 0.15) is 13.8 Å². The van der Waals surface area contributed by atoms with E-state index in [0.29, 0.717) is 0 Å². The zero-order chi connectivity index (χ0) is 8.97. The Kier molecular flexibility index (Phi) is 3.10. The van der Waals surface area contributed by atoms with Crippen molar-refractivity contribution in [1.82, 2.24) is 0 Å². The Labute approximate surface area is 75.4 Å². The van der Waals surface area contributed by atoms with Gasteiger partial charge in [0.15, 0.2) is 0 Å². The molecule has 12 heavy (non-hydrogen) atoms. The maximum absolute atomic E-state index is 11.0. The largest absolute Gasteiger partial charge is 0.447 e. The molecule has 4 heteroatoms. The van der Waals surface area contributed by atoms with E-state index in [2.05, 4.69) is 5.32 Å². The molecule has 0 unspecified atom stereocenters. The zero-order valence-electron chi connectivity index (χ0n) is 7.03. The van der Waals surface area contributed by atoms with Gasteiger partial charge in [-0.05, 0) is 31.4 Å². The zero-order valence-corrected chi connectivity index (χ0v) is 7.85. The fourth-order valence-electron chi connectivity index (χ4n) is 0.694. The molecule has 1 aromatic heterocycles. The van der Waals surface area contributed by atoms with Gasteiger partial charge >= 0.3 is 6.09 Å². The molecule has 0 aliphatic rings. The second kappa shape index (κ2) is 4.11. The number of amides is 1. The molecule has 0 bridgehead atoms. The fraction of sp³-hybridized carbons (Fsp3) is 0.375. The van der Waals surface area contributed by atoms with Gasteiger partial charge in [0.25, 0.3) is 0 Å². The van der Waals surface area contributed by atoms with Crippen molar-refractivity contribution in [3.8, 4) is 0 Å². The number of hydrogen-bond acceptors (Lipinski definition) is 3. The van der Waals surface area contributed by atoms with Gasteiger partial charge in [-0.15, -0.1) is 11.3 Å². The molecule has 1 heterocycles. The van der Waals surface area contributed by atoms with Crippen LogP contribution in [0.15, 0.2) is 17.5 Å². The van der Waals surface area contributed by atoms with Gasteiger partial charge in [0.05, 0.1) is 11.1 Å². The van der Waals surface area contributed by atoms with Crippen molar-refractivity contribution in [2.45, 2.75) is 20.0 Å². The van der Waals surface area contributed by atoms with Gasteiger partial charge in [0, 0.05) is 0 Å². The van der Waals surface area contributed by atoms with E-state index >= 15 is 0 Å². The van der Waals surface area contributed by atoms with Gasteiger partial charge in [-0.3, -0.25) is 5.32 Å². The number of ether oxygens (including phenoxy) is 1. The van der Waals surface area contributed by atoms with Crippen LogP contribution in [0.2, 0.25) is 0 Å². The standard InChI is InChI=1S/C8H11NO2S/c1-6(2)11-8(10)9-7-4-3-5-12-7/h3-6H,1-2H3,(H,9,10). The van der Waals surface area contributed by atoms with Crippen molar-refractivity contribution in [2.24, 2.45) is 0 Å². The summed E-state index contributed by atoms with van der Waals surface area (Å²) in [5.74, 6) is 0. The molecule has 0 radical (unpaired) electrons. The second-order valence-electron chi connectivity index (χ2n) is 2.56. The minimum absolute atomic E-state index is 0.0787. The van der Waals surface area contributed by atoms with E-state index in [1.807, 2.05) is 31.4 Å². The van der Waals surface area contributed by atoms with E-state index in [1.54, 1.807) is 0 Å². The number of carbonyl (C=O) groups is 1. The van der Waals surface area contributed by atoms with E-state index in [1.165, 1.54) is 11.3 Å². The maximum Gasteiger partial charge on any atom is 0.412 e. The summed E-state index contributed by atoms with van der Waals surface area (Å²) in [4.78, 5) is 11.0. The highest BCUT2D eigenvalue weighted by atomic mass is 32.1. The Bertz CT molecular complexity index is 244. The van der Waals surface area contributed by atoms with Gasteiger partial charge in [-0.25, -0.2) is 4.79 Å². The van der Waals surface area contributed by atoms with Crippen molar-refractivity contribution < 1.29 is 9.53 Å². The van der Waals surface area contributed by atoms with Crippen LogP contribution in [-0.4, -0.2) is 12.2 Å². The number of anilines is 1. The molecule has 0 saturated carbocycles. The first-order valence-electron chi connectivity index (χ1n) is 3.69. The molecular weight excluding hydrogens is 174 g/mol. The Hall–Kier alpha value is -1.03. The van der Waals surface area contributed by atoms with E-state index in [4.69, 9.17) is 4.74 Å². The number of nitrogens with one attached hydrogen (secondary N) is 1. The van der Waals surface area contributed by atoms with Crippen LogP contribution in [0, 0.1) is 0 Å². The van der Waals surface area contributed by atoms with Crippen LogP contribution >= 0.6 is 11.3 Å².